The Morgan fingerprint density at radius 1 is 0.971 bits per heavy atom. The van der Waals surface area contributed by atoms with Gasteiger partial charge in [-0.25, -0.2) is 14.5 Å². The molecule has 2 amide bonds. The molecule has 2 aromatic heterocycles. The van der Waals surface area contributed by atoms with Gasteiger partial charge in [0.2, 0.25) is 0 Å². The number of fused-ring (bicyclic) bond motifs is 1. The van der Waals surface area contributed by atoms with Crippen LogP contribution in [0, 0.1) is 0 Å². The van der Waals surface area contributed by atoms with E-state index in [1.54, 1.807) is 24.1 Å². The van der Waals surface area contributed by atoms with Gasteiger partial charge in [-0.05, 0) is 41.8 Å². The average molecular weight is 467 g/mol. The largest absolute Gasteiger partial charge is 0.497 e. The SMILES string of the molecule is COc1ccc(CC(NC(=O)Nc2ccnn2Cc2ccccc2)c2nc3ccccc3[nH]2)cc1. The first kappa shape index (κ1) is 22.2. The normalized spacial score (nSPS) is 11.8. The highest BCUT2D eigenvalue weighted by Crippen LogP contribution is 2.22. The number of nitrogens with zero attached hydrogens (tertiary/aromatic N) is 3. The summed E-state index contributed by atoms with van der Waals surface area (Å²) >= 11 is 0. The van der Waals surface area contributed by atoms with Gasteiger partial charge in [0.05, 0.1) is 36.9 Å². The third-order valence-electron chi connectivity index (χ3n) is 5.78. The van der Waals surface area contributed by atoms with Crippen LogP contribution in [0.1, 0.15) is 23.0 Å². The molecule has 35 heavy (non-hydrogen) atoms. The first-order chi connectivity index (χ1) is 17.2. The molecule has 2 heterocycles. The fourth-order valence-electron chi connectivity index (χ4n) is 3.98. The van der Waals surface area contributed by atoms with Gasteiger partial charge in [0, 0.05) is 6.07 Å². The Labute approximate surface area is 203 Å². The van der Waals surface area contributed by atoms with Gasteiger partial charge in [-0.3, -0.25) is 5.32 Å². The lowest BCUT2D eigenvalue weighted by molar-refractivity contribution is 0.247. The number of amides is 2. The molecule has 0 spiro atoms. The van der Waals surface area contributed by atoms with E-state index >= 15 is 0 Å². The number of H-pyrrole nitrogens is 1. The van der Waals surface area contributed by atoms with E-state index in [0.29, 0.717) is 24.6 Å². The van der Waals surface area contributed by atoms with Crippen LogP contribution < -0.4 is 15.4 Å². The Balaban J connectivity index is 1.35. The van der Waals surface area contributed by atoms with Crippen molar-refractivity contribution in [3.05, 3.63) is 108 Å². The summed E-state index contributed by atoms with van der Waals surface area (Å²) < 4.78 is 7.03. The standard InChI is InChI=1S/C27H26N6O2/c1-35-21-13-11-19(12-14-21)17-24(26-29-22-9-5-6-10-23(22)30-26)31-27(34)32-25-15-16-28-33(25)18-20-7-3-2-4-8-20/h2-16,24H,17-18H2,1H3,(H,29,30)(H2,31,32,34). The molecule has 3 aromatic carbocycles. The van der Waals surface area contributed by atoms with E-state index in [9.17, 15) is 4.79 Å². The van der Waals surface area contributed by atoms with Gasteiger partial charge in [-0.15, -0.1) is 0 Å². The second-order valence-corrected chi connectivity index (χ2v) is 8.20. The Morgan fingerprint density at radius 3 is 2.51 bits per heavy atom. The number of carbonyl (C=O) groups excluding carboxylic acids is 1. The highest BCUT2D eigenvalue weighted by Gasteiger charge is 2.20. The van der Waals surface area contributed by atoms with E-state index in [1.165, 1.54) is 0 Å². The summed E-state index contributed by atoms with van der Waals surface area (Å²) in [5, 5.41) is 10.4. The van der Waals surface area contributed by atoms with Crippen LogP contribution in [0.4, 0.5) is 10.6 Å². The molecule has 8 heteroatoms. The summed E-state index contributed by atoms with van der Waals surface area (Å²) in [6, 6.07) is 26.7. The Morgan fingerprint density at radius 2 is 1.74 bits per heavy atom. The number of hydrogen-bond donors (Lipinski definition) is 3. The van der Waals surface area contributed by atoms with E-state index in [2.05, 4.69) is 20.7 Å². The summed E-state index contributed by atoms with van der Waals surface area (Å²) in [5.41, 5.74) is 3.92. The number of rotatable bonds is 8. The van der Waals surface area contributed by atoms with Crippen molar-refractivity contribution < 1.29 is 9.53 Å². The number of benzene rings is 3. The lowest BCUT2D eigenvalue weighted by Gasteiger charge is -2.18. The van der Waals surface area contributed by atoms with Crippen molar-refractivity contribution in [1.82, 2.24) is 25.1 Å². The van der Waals surface area contributed by atoms with Crippen LogP contribution in [0.5, 0.6) is 5.75 Å². The quantitative estimate of drug-likeness (QED) is 0.302. The average Bonchev–Trinajstić information content (AvgIpc) is 3.51. The number of aromatic nitrogens is 4. The predicted molar refractivity (Wildman–Crippen MR) is 135 cm³/mol. The van der Waals surface area contributed by atoms with Crippen molar-refractivity contribution in [3.63, 3.8) is 0 Å². The van der Waals surface area contributed by atoms with Gasteiger partial charge in [-0.1, -0.05) is 54.6 Å². The van der Waals surface area contributed by atoms with Crippen molar-refractivity contribution in [2.45, 2.75) is 19.0 Å². The lowest BCUT2D eigenvalue weighted by atomic mass is 10.1. The molecule has 1 unspecified atom stereocenters. The third kappa shape index (κ3) is 5.33. The molecule has 5 aromatic rings. The molecule has 0 aliphatic heterocycles. The molecule has 0 saturated heterocycles. The summed E-state index contributed by atoms with van der Waals surface area (Å²) in [7, 11) is 1.64. The molecule has 0 aliphatic carbocycles. The van der Waals surface area contributed by atoms with Gasteiger partial charge < -0.3 is 15.0 Å². The molecule has 0 bridgehead atoms. The second kappa shape index (κ2) is 10.1. The van der Waals surface area contributed by atoms with Gasteiger partial charge in [0.1, 0.15) is 17.4 Å². The molecule has 0 saturated carbocycles. The zero-order chi connectivity index (χ0) is 24.0. The first-order valence-electron chi connectivity index (χ1n) is 11.4. The van der Waals surface area contributed by atoms with E-state index in [1.807, 2.05) is 78.9 Å². The van der Waals surface area contributed by atoms with Crippen molar-refractivity contribution in [1.29, 1.82) is 0 Å². The number of ether oxygens (including phenoxy) is 1. The van der Waals surface area contributed by atoms with E-state index < -0.39 is 0 Å². The number of imidazole rings is 1. The van der Waals surface area contributed by atoms with Crippen molar-refractivity contribution in [2.24, 2.45) is 0 Å². The van der Waals surface area contributed by atoms with Gasteiger partial charge in [-0.2, -0.15) is 5.10 Å². The molecular formula is C27H26N6O2. The maximum absolute atomic E-state index is 13.1. The third-order valence-corrected chi connectivity index (χ3v) is 5.78. The minimum atomic E-state index is -0.374. The first-order valence-corrected chi connectivity index (χ1v) is 11.4. The highest BCUT2D eigenvalue weighted by molar-refractivity contribution is 5.88. The van der Waals surface area contributed by atoms with E-state index in [4.69, 9.17) is 9.72 Å². The van der Waals surface area contributed by atoms with Gasteiger partial charge in [0.15, 0.2) is 0 Å². The van der Waals surface area contributed by atoms with Gasteiger partial charge >= 0.3 is 6.03 Å². The summed E-state index contributed by atoms with van der Waals surface area (Å²) in [6.45, 7) is 0.558. The van der Waals surface area contributed by atoms with E-state index in [0.717, 1.165) is 27.9 Å². The van der Waals surface area contributed by atoms with Crippen LogP contribution in [-0.4, -0.2) is 32.9 Å². The molecule has 8 nitrogen and oxygen atoms in total. The number of hydrogen-bond acceptors (Lipinski definition) is 4. The monoisotopic (exact) mass is 466 g/mol. The molecule has 0 aliphatic rings. The second-order valence-electron chi connectivity index (χ2n) is 8.20. The van der Waals surface area contributed by atoms with Crippen molar-refractivity contribution in [2.75, 3.05) is 12.4 Å². The number of anilines is 1. The topological polar surface area (TPSA) is 96.9 Å². The number of methoxy groups -OCH3 is 1. The highest BCUT2D eigenvalue weighted by atomic mass is 16.5. The fraction of sp³-hybridized carbons (Fsp3) is 0.148. The van der Waals surface area contributed by atoms with Crippen LogP contribution in [0.15, 0.2) is 91.1 Å². The van der Waals surface area contributed by atoms with Gasteiger partial charge in [0.25, 0.3) is 0 Å². The number of para-hydroxylation sites is 2. The summed E-state index contributed by atoms with van der Waals surface area (Å²) in [4.78, 5) is 21.2. The lowest BCUT2D eigenvalue weighted by Crippen LogP contribution is -2.35. The summed E-state index contributed by atoms with van der Waals surface area (Å²) in [6.07, 6.45) is 2.23. The smallest absolute Gasteiger partial charge is 0.320 e. The van der Waals surface area contributed by atoms with Crippen LogP contribution >= 0.6 is 0 Å². The number of aromatic amines is 1. The van der Waals surface area contributed by atoms with E-state index in [-0.39, 0.29) is 12.1 Å². The fourth-order valence-corrected chi connectivity index (χ4v) is 3.98. The maximum Gasteiger partial charge on any atom is 0.320 e. The zero-order valence-corrected chi connectivity index (χ0v) is 19.3. The molecule has 176 valence electrons. The molecule has 5 rings (SSSR count). The molecule has 0 radical (unpaired) electrons. The van der Waals surface area contributed by atoms with Crippen molar-refractivity contribution >= 4 is 22.9 Å². The minimum absolute atomic E-state index is 0.334. The molecule has 0 fully saturated rings. The maximum atomic E-state index is 13.1. The van der Waals surface area contributed by atoms with Crippen LogP contribution in [0.25, 0.3) is 11.0 Å². The molecule has 1 atom stereocenters. The zero-order valence-electron chi connectivity index (χ0n) is 19.3. The Bertz CT molecular complexity index is 1380. The Hall–Kier alpha value is -4.59. The Kier molecular flexibility index (Phi) is 6.43. The summed E-state index contributed by atoms with van der Waals surface area (Å²) in [5.74, 6) is 2.08. The van der Waals surface area contributed by atoms with Crippen LogP contribution in [0.3, 0.4) is 0 Å². The molecular weight excluding hydrogens is 440 g/mol. The van der Waals surface area contributed by atoms with Crippen LogP contribution in [0.2, 0.25) is 0 Å². The predicted octanol–water partition coefficient (Wildman–Crippen LogP) is 4.92. The van der Waals surface area contributed by atoms with Crippen molar-refractivity contribution in [3.8, 4) is 5.75 Å². The minimum Gasteiger partial charge on any atom is -0.497 e. The number of carbonyl (C=O) groups is 1. The van der Waals surface area contributed by atoms with Crippen LogP contribution in [-0.2, 0) is 13.0 Å². The molecule has 3 N–H and O–H groups in total. The number of urea groups is 1. The number of nitrogens with one attached hydrogen (secondary N) is 3.